The van der Waals surface area contributed by atoms with Crippen molar-refractivity contribution in [1.82, 2.24) is 5.01 Å². The molecule has 4 rings (SSSR count). The van der Waals surface area contributed by atoms with Crippen LogP contribution in [-0.2, 0) is 14.4 Å². The number of imide groups is 1. The Morgan fingerprint density at radius 1 is 1.04 bits per heavy atom. The number of para-hydroxylation sites is 1. The molecule has 1 saturated heterocycles. The number of amides is 3. The molecule has 2 aromatic carbocycles. The predicted octanol–water partition coefficient (Wildman–Crippen LogP) is 2.24. The van der Waals surface area contributed by atoms with Gasteiger partial charge < -0.3 is 5.32 Å². The summed E-state index contributed by atoms with van der Waals surface area (Å²) in [6, 6.07) is 12.5. The van der Waals surface area contributed by atoms with Crippen LogP contribution in [-0.4, -0.2) is 41.4 Å². The van der Waals surface area contributed by atoms with E-state index < -0.39 is 23.9 Å². The average molecular weight is 377 g/mol. The number of benzene rings is 2. The van der Waals surface area contributed by atoms with Crippen molar-refractivity contribution < 1.29 is 14.4 Å². The molecule has 2 aliphatic rings. The van der Waals surface area contributed by atoms with E-state index in [4.69, 9.17) is 0 Å². The number of carbonyl (C=O) groups is 3. The van der Waals surface area contributed by atoms with Crippen LogP contribution in [0.2, 0.25) is 0 Å². The van der Waals surface area contributed by atoms with Gasteiger partial charge in [-0.1, -0.05) is 29.5 Å². The average Bonchev–Trinajstić information content (AvgIpc) is 3.19. The van der Waals surface area contributed by atoms with E-state index in [2.05, 4.69) is 15.7 Å². The third-order valence-corrected chi connectivity index (χ3v) is 4.97. The minimum absolute atomic E-state index is 0.167. The van der Waals surface area contributed by atoms with Crippen LogP contribution in [0.4, 0.5) is 11.4 Å². The Hall–Kier alpha value is -3.55. The van der Waals surface area contributed by atoms with E-state index in [0.717, 1.165) is 16.0 Å². The third kappa shape index (κ3) is 3.02. The van der Waals surface area contributed by atoms with Crippen molar-refractivity contribution in [2.45, 2.75) is 25.9 Å². The largest absolute Gasteiger partial charge is 0.324 e. The van der Waals surface area contributed by atoms with Gasteiger partial charge in [0.2, 0.25) is 5.91 Å². The van der Waals surface area contributed by atoms with Gasteiger partial charge in [0.15, 0.2) is 12.1 Å². The highest BCUT2D eigenvalue weighted by Crippen LogP contribution is 2.31. The molecule has 2 heterocycles. The van der Waals surface area contributed by atoms with E-state index in [1.807, 2.05) is 32.0 Å². The molecular weight excluding hydrogens is 358 g/mol. The predicted molar refractivity (Wildman–Crippen MR) is 103 cm³/mol. The molecule has 0 aromatic heterocycles. The van der Waals surface area contributed by atoms with Crippen molar-refractivity contribution in [1.29, 1.82) is 0 Å². The number of rotatable bonds is 4. The maximum absolute atomic E-state index is 12.8. The van der Waals surface area contributed by atoms with Crippen molar-refractivity contribution in [3.05, 3.63) is 59.7 Å². The van der Waals surface area contributed by atoms with Gasteiger partial charge in [-0.05, 0) is 49.2 Å². The summed E-state index contributed by atoms with van der Waals surface area (Å²) in [6.07, 6.45) is 0. The number of hydrogen-bond donors (Lipinski definition) is 1. The Bertz CT molecular complexity index is 989. The summed E-state index contributed by atoms with van der Waals surface area (Å²) in [5.41, 5.74) is 3.35. The Labute approximate surface area is 161 Å². The van der Waals surface area contributed by atoms with Crippen LogP contribution in [0.15, 0.2) is 58.9 Å². The van der Waals surface area contributed by atoms with Crippen LogP contribution in [0.5, 0.6) is 0 Å². The first-order valence-electron chi connectivity index (χ1n) is 8.93. The minimum Gasteiger partial charge on any atom is -0.324 e. The van der Waals surface area contributed by atoms with Gasteiger partial charge in [-0.3, -0.25) is 19.4 Å². The van der Waals surface area contributed by atoms with Gasteiger partial charge in [0.1, 0.15) is 6.54 Å². The van der Waals surface area contributed by atoms with Gasteiger partial charge >= 0.3 is 0 Å². The van der Waals surface area contributed by atoms with Crippen LogP contribution in [0.1, 0.15) is 11.1 Å². The number of anilines is 2. The number of nitrogens with zero attached hydrogens (tertiary/aromatic N) is 4. The maximum atomic E-state index is 12.8. The highest BCUT2D eigenvalue weighted by Gasteiger charge is 2.55. The quantitative estimate of drug-likeness (QED) is 0.827. The van der Waals surface area contributed by atoms with Crippen LogP contribution < -0.4 is 10.2 Å². The van der Waals surface area contributed by atoms with Crippen molar-refractivity contribution in [3.8, 4) is 0 Å². The molecule has 1 N–H and O–H groups in total. The lowest BCUT2D eigenvalue weighted by Crippen LogP contribution is -2.43. The van der Waals surface area contributed by atoms with Gasteiger partial charge in [-0.15, -0.1) is 0 Å². The lowest BCUT2D eigenvalue weighted by molar-refractivity contribution is -0.123. The Balaban J connectivity index is 1.47. The molecule has 2 aromatic rings. The van der Waals surface area contributed by atoms with Crippen LogP contribution in [0, 0.1) is 13.8 Å². The standard InChI is InChI=1S/C20H19N5O3/c1-12-8-9-14(10-13(12)2)21-16(26)11-24-18-17(22-23-24)19(27)25(20(18)28)15-6-4-3-5-7-15/h3-10,17-18H,11H2,1-2H3,(H,21,26)/t17-,18+/m0/s1. The van der Waals surface area contributed by atoms with Crippen molar-refractivity contribution >= 4 is 29.1 Å². The van der Waals surface area contributed by atoms with Gasteiger partial charge in [-0.2, -0.15) is 5.11 Å². The lowest BCUT2D eigenvalue weighted by atomic mass is 10.1. The first kappa shape index (κ1) is 17.8. The number of hydrogen-bond acceptors (Lipinski definition) is 6. The summed E-state index contributed by atoms with van der Waals surface area (Å²) in [6.45, 7) is 3.79. The van der Waals surface area contributed by atoms with E-state index in [-0.39, 0.29) is 12.5 Å². The molecule has 0 saturated carbocycles. The summed E-state index contributed by atoms with van der Waals surface area (Å²) in [7, 11) is 0. The second-order valence-corrected chi connectivity index (χ2v) is 6.89. The monoisotopic (exact) mass is 377 g/mol. The Morgan fingerprint density at radius 2 is 1.79 bits per heavy atom. The number of fused-ring (bicyclic) bond motifs is 1. The SMILES string of the molecule is Cc1ccc(NC(=O)CN2N=N[C@@H]3C(=O)N(c4ccccc4)C(=O)[C@@H]32)cc1C. The topological polar surface area (TPSA) is 94.4 Å². The van der Waals surface area contributed by atoms with E-state index in [9.17, 15) is 14.4 Å². The molecule has 8 nitrogen and oxygen atoms in total. The molecule has 2 aliphatic heterocycles. The van der Waals surface area contributed by atoms with E-state index >= 15 is 0 Å². The zero-order valence-corrected chi connectivity index (χ0v) is 15.5. The molecule has 0 aliphatic carbocycles. The van der Waals surface area contributed by atoms with Gasteiger partial charge in [0, 0.05) is 5.69 Å². The summed E-state index contributed by atoms with van der Waals surface area (Å²) >= 11 is 0. The molecule has 0 unspecified atom stereocenters. The second kappa shape index (κ2) is 6.88. The summed E-state index contributed by atoms with van der Waals surface area (Å²) in [4.78, 5) is 39.0. The highest BCUT2D eigenvalue weighted by atomic mass is 16.2. The fourth-order valence-electron chi connectivity index (χ4n) is 3.35. The second-order valence-electron chi connectivity index (χ2n) is 6.89. The number of aryl methyl sites for hydroxylation is 2. The molecule has 1 fully saturated rings. The molecule has 28 heavy (non-hydrogen) atoms. The molecule has 8 heteroatoms. The van der Waals surface area contributed by atoms with E-state index in [0.29, 0.717) is 11.4 Å². The zero-order chi connectivity index (χ0) is 19.8. The molecular formula is C20H19N5O3. The summed E-state index contributed by atoms with van der Waals surface area (Å²) in [5, 5.41) is 11.9. The van der Waals surface area contributed by atoms with Gasteiger partial charge in [0.25, 0.3) is 11.8 Å². The summed E-state index contributed by atoms with van der Waals surface area (Å²) < 4.78 is 0. The van der Waals surface area contributed by atoms with E-state index in [1.54, 1.807) is 30.3 Å². The normalized spacial score (nSPS) is 20.6. The zero-order valence-electron chi connectivity index (χ0n) is 15.5. The minimum atomic E-state index is -0.915. The van der Waals surface area contributed by atoms with Crippen molar-refractivity contribution in [2.24, 2.45) is 10.3 Å². The van der Waals surface area contributed by atoms with Crippen molar-refractivity contribution in [2.75, 3.05) is 16.8 Å². The fraction of sp³-hybridized carbons (Fsp3) is 0.250. The molecule has 2 atom stereocenters. The molecule has 0 radical (unpaired) electrons. The number of nitrogens with one attached hydrogen (secondary N) is 1. The fourth-order valence-corrected chi connectivity index (χ4v) is 3.35. The highest BCUT2D eigenvalue weighted by molar-refractivity contribution is 6.25. The van der Waals surface area contributed by atoms with Crippen LogP contribution >= 0.6 is 0 Å². The third-order valence-electron chi connectivity index (χ3n) is 4.97. The first-order chi connectivity index (χ1) is 13.5. The van der Waals surface area contributed by atoms with Crippen molar-refractivity contribution in [3.63, 3.8) is 0 Å². The number of carbonyl (C=O) groups excluding carboxylic acids is 3. The molecule has 142 valence electrons. The smallest absolute Gasteiger partial charge is 0.263 e. The molecule has 0 bridgehead atoms. The first-order valence-corrected chi connectivity index (χ1v) is 8.93. The van der Waals surface area contributed by atoms with Gasteiger partial charge in [0.05, 0.1) is 5.69 Å². The Morgan fingerprint density at radius 3 is 2.50 bits per heavy atom. The molecule has 0 spiro atoms. The van der Waals surface area contributed by atoms with E-state index in [1.165, 1.54) is 5.01 Å². The van der Waals surface area contributed by atoms with Crippen LogP contribution in [0.3, 0.4) is 0 Å². The summed E-state index contributed by atoms with van der Waals surface area (Å²) in [5.74, 6) is -1.19. The Kier molecular flexibility index (Phi) is 4.38. The van der Waals surface area contributed by atoms with Gasteiger partial charge in [-0.25, -0.2) is 4.90 Å². The molecule has 3 amide bonds. The lowest BCUT2D eigenvalue weighted by Gasteiger charge is -2.20. The van der Waals surface area contributed by atoms with Crippen LogP contribution in [0.25, 0.3) is 0 Å². The maximum Gasteiger partial charge on any atom is 0.263 e.